The van der Waals surface area contributed by atoms with Crippen LogP contribution in [0.15, 0.2) is 68.9 Å². The Kier molecular flexibility index (Phi) is 5.15. The number of aromatic amines is 1. The lowest BCUT2D eigenvalue weighted by Crippen LogP contribution is -2.21. The number of fused-ring (bicyclic) bond motifs is 1. The fourth-order valence-corrected chi connectivity index (χ4v) is 3.88. The van der Waals surface area contributed by atoms with Gasteiger partial charge in [-0.15, -0.1) is 0 Å². The average Bonchev–Trinajstić information content (AvgIpc) is 2.69. The van der Waals surface area contributed by atoms with Crippen LogP contribution in [0.4, 0.5) is 0 Å². The van der Waals surface area contributed by atoms with Crippen molar-refractivity contribution >= 4 is 38.6 Å². The van der Waals surface area contributed by atoms with E-state index >= 15 is 0 Å². The van der Waals surface area contributed by atoms with Crippen LogP contribution < -0.4 is 11.0 Å². The molecule has 1 aromatic carbocycles. The summed E-state index contributed by atoms with van der Waals surface area (Å²) >= 11 is 9.57. The summed E-state index contributed by atoms with van der Waals surface area (Å²) in [7, 11) is 0. The summed E-state index contributed by atoms with van der Waals surface area (Å²) in [6.07, 6.45) is 1.77. The van der Waals surface area contributed by atoms with Crippen molar-refractivity contribution < 1.29 is 0 Å². The van der Waals surface area contributed by atoms with Crippen LogP contribution in [0.1, 0.15) is 19.9 Å². The van der Waals surface area contributed by atoms with Gasteiger partial charge in [-0.1, -0.05) is 41.9 Å². The molecule has 4 rings (SSSR count). The van der Waals surface area contributed by atoms with Gasteiger partial charge < -0.3 is 9.55 Å². The lowest BCUT2D eigenvalue weighted by molar-refractivity contribution is 0.579. The smallest absolute Gasteiger partial charge is 0.269 e. The molecule has 0 spiro atoms. The Morgan fingerprint density at radius 2 is 1.79 bits per heavy atom. The Bertz CT molecular complexity index is 1340. The first kappa shape index (κ1) is 19.6. The minimum atomic E-state index is -0.248. The summed E-state index contributed by atoms with van der Waals surface area (Å²) in [4.78, 5) is 32.8. The van der Waals surface area contributed by atoms with Crippen molar-refractivity contribution in [2.75, 3.05) is 0 Å². The van der Waals surface area contributed by atoms with Gasteiger partial charge in [0.25, 0.3) is 5.56 Å². The normalized spacial score (nSPS) is 11.3. The Labute approximate surface area is 180 Å². The Morgan fingerprint density at radius 3 is 2.48 bits per heavy atom. The van der Waals surface area contributed by atoms with E-state index in [4.69, 9.17) is 16.6 Å². The van der Waals surface area contributed by atoms with Crippen molar-refractivity contribution in [2.45, 2.75) is 19.9 Å². The SMILES string of the molecule is CC(C)n1cc(-c2cc3c(=O)cc(Br)[nH]c3nc2-c2ccccc2)cc(Cl)c1=O. The molecule has 1 N–H and O–H groups in total. The lowest BCUT2D eigenvalue weighted by atomic mass is 9.99. The fraction of sp³-hybridized carbons (Fsp3) is 0.136. The molecule has 0 radical (unpaired) electrons. The largest absolute Gasteiger partial charge is 0.334 e. The van der Waals surface area contributed by atoms with Crippen LogP contribution in [0.5, 0.6) is 0 Å². The van der Waals surface area contributed by atoms with E-state index in [1.54, 1.807) is 22.9 Å². The highest BCUT2D eigenvalue weighted by molar-refractivity contribution is 9.10. The molecule has 3 aromatic heterocycles. The number of rotatable bonds is 3. The maximum atomic E-state index is 12.6. The summed E-state index contributed by atoms with van der Waals surface area (Å²) in [5, 5.41) is 0.585. The predicted octanol–water partition coefficient (Wildman–Crippen LogP) is 5.42. The molecule has 7 heteroatoms. The van der Waals surface area contributed by atoms with Crippen molar-refractivity contribution in [2.24, 2.45) is 0 Å². The van der Waals surface area contributed by atoms with Gasteiger partial charge in [-0.2, -0.15) is 0 Å². The first-order chi connectivity index (χ1) is 13.8. The number of aromatic nitrogens is 3. The van der Waals surface area contributed by atoms with Crippen LogP contribution in [0.3, 0.4) is 0 Å². The third kappa shape index (κ3) is 3.66. The van der Waals surface area contributed by atoms with E-state index in [1.165, 1.54) is 6.07 Å². The molecule has 0 saturated carbocycles. The van der Waals surface area contributed by atoms with Crippen molar-refractivity contribution in [3.8, 4) is 22.4 Å². The van der Waals surface area contributed by atoms with Crippen LogP contribution in [-0.4, -0.2) is 14.5 Å². The molecule has 3 heterocycles. The molecule has 0 fully saturated rings. The summed E-state index contributed by atoms with van der Waals surface area (Å²) in [5.74, 6) is 0. The van der Waals surface area contributed by atoms with E-state index in [0.717, 1.165) is 16.7 Å². The van der Waals surface area contributed by atoms with Crippen LogP contribution in [-0.2, 0) is 0 Å². The number of hydrogen-bond acceptors (Lipinski definition) is 3. The third-order valence-corrected chi connectivity index (χ3v) is 5.40. The van der Waals surface area contributed by atoms with Crippen LogP contribution in [0.2, 0.25) is 5.02 Å². The molecule has 0 aliphatic heterocycles. The molecular formula is C22H17BrClN3O2. The average molecular weight is 471 g/mol. The molecule has 0 amide bonds. The monoisotopic (exact) mass is 469 g/mol. The van der Waals surface area contributed by atoms with Crippen molar-refractivity contribution in [1.29, 1.82) is 0 Å². The molecule has 146 valence electrons. The van der Waals surface area contributed by atoms with E-state index in [0.29, 0.717) is 21.3 Å². The molecule has 29 heavy (non-hydrogen) atoms. The first-order valence-corrected chi connectivity index (χ1v) is 10.2. The van der Waals surface area contributed by atoms with Gasteiger partial charge in [-0.05, 0) is 41.9 Å². The van der Waals surface area contributed by atoms with Gasteiger partial charge >= 0.3 is 0 Å². The summed E-state index contributed by atoms with van der Waals surface area (Å²) in [5.41, 5.74) is 3.12. The molecule has 0 bridgehead atoms. The molecular weight excluding hydrogens is 454 g/mol. The van der Waals surface area contributed by atoms with Gasteiger partial charge in [0.15, 0.2) is 5.43 Å². The van der Waals surface area contributed by atoms with E-state index in [-0.39, 0.29) is 22.1 Å². The molecule has 5 nitrogen and oxygen atoms in total. The molecule has 0 unspecified atom stereocenters. The highest BCUT2D eigenvalue weighted by Gasteiger charge is 2.16. The number of hydrogen-bond donors (Lipinski definition) is 1. The van der Waals surface area contributed by atoms with E-state index in [1.807, 2.05) is 44.2 Å². The summed E-state index contributed by atoms with van der Waals surface area (Å²) in [6, 6.07) is 14.5. The van der Waals surface area contributed by atoms with Crippen molar-refractivity contribution in [3.05, 3.63) is 84.9 Å². The first-order valence-electron chi connectivity index (χ1n) is 9.06. The standard InChI is InChI=1S/C22H17BrClN3O2/c1-12(2)27-11-14(8-17(24)22(27)29)15-9-16-18(28)10-19(23)25-21(16)26-20(15)13-6-4-3-5-7-13/h3-12H,1-2H3,(H,25,26,28). The van der Waals surface area contributed by atoms with Gasteiger partial charge in [0.05, 0.1) is 15.7 Å². The minimum Gasteiger partial charge on any atom is -0.334 e. The lowest BCUT2D eigenvalue weighted by Gasteiger charge is -2.15. The van der Waals surface area contributed by atoms with Crippen LogP contribution in [0, 0.1) is 0 Å². The third-order valence-electron chi connectivity index (χ3n) is 4.70. The molecule has 0 saturated heterocycles. The van der Waals surface area contributed by atoms with E-state index in [9.17, 15) is 9.59 Å². The van der Waals surface area contributed by atoms with Gasteiger partial charge in [0, 0.05) is 35.0 Å². The number of halogens is 2. The second-order valence-electron chi connectivity index (χ2n) is 7.01. The highest BCUT2D eigenvalue weighted by atomic mass is 79.9. The number of nitrogens with one attached hydrogen (secondary N) is 1. The minimum absolute atomic E-state index is 0.0621. The number of pyridine rings is 3. The number of nitrogens with zero attached hydrogens (tertiary/aromatic N) is 2. The highest BCUT2D eigenvalue weighted by Crippen LogP contribution is 2.33. The van der Waals surface area contributed by atoms with Crippen molar-refractivity contribution in [3.63, 3.8) is 0 Å². The van der Waals surface area contributed by atoms with Crippen LogP contribution in [0.25, 0.3) is 33.4 Å². The van der Waals surface area contributed by atoms with Gasteiger partial charge in [0.1, 0.15) is 10.7 Å². The topological polar surface area (TPSA) is 67.8 Å². The number of benzene rings is 1. The molecule has 0 aliphatic rings. The maximum absolute atomic E-state index is 12.6. The molecule has 0 aliphatic carbocycles. The van der Waals surface area contributed by atoms with E-state index in [2.05, 4.69) is 20.9 Å². The Hall–Kier alpha value is -2.70. The Morgan fingerprint density at radius 1 is 1.07 bits per heavy atom. The number of H-pyrrole nitrogens is 1. The second kappa shape index (κ2) is 7.61. The fourth-order valence-electron chi connectivity index (χ4n) is 3.27. The summed E-state index contributed by atoms with van der Waals surface area (Å²) in [6.45, 7) is 3.83. The quantitative estimate of drug-likeness (QED) is 0.407. The second-order valence-corrected chi connectivity index (χ2v) is 8.27. The van der Waals surface area contributed by atoms with Gasteiger partial charge in [-0.25, -0.2) is 4.98 Å². The molecule has 4 aromatic rings. The van der Waals surface area contributed by atoms with E-state index < -0.39 is 0 Å². The van der Waals surface area contributed by atoms with Crippen molar-refractivity contribution in [1.82, 2.24) is 14.5 Å². The molecule has 0 atom stereocenters. The Balaban J connectivity index is 2.11. The van der Waals surface area contributed by atoms with Gasteiger partial charge in [-0.3, -0.25) is 9.59 Å². The zero-order valence-electron chi connectivity index (χ0n) is 15.7. The van der Waals surface area contributed by atoms with Gasteiger partial charge in [0.2, 0.25) is 0 Å². The zero-order valence-corrected chi connectivity index (χ0v) is 18.1. The summed E-state index contributed by atoms with van der Waals surface area (Å²) < 4.78 is 2.15. The maximum Gasteiger partial charge on any atom is 0.269 e. The van der Waals surface area contributed by atoms with Crippen LogP contribution >= 0.6 is 27.5 Å². The predicted molar refractivity (Wildman–Crippen MR) is 121 cm³/mol. The zero-order chi connectivity index (χ0) is 20.7.